The van der Waals surface area contributed by atoms with Crippen LogP contribution in [0.1, 0.15) is 41.5 Å². The Hall–Kier alpha value is -1.60. The monoisotopic (exact) mass is 231 g/mol. The molecule has 17 heavy (non-hydrogen) atoms. The van der Waals surface area contributed by atoms with Gasteiger partial charge in [0.2, 0.25) is 0 Å². The van der Waals surface area contributed by atoms with Gasteiger partial charge in [0.1, 0.15) is 0 Å². The summed E-state index contributed by atoms with van der Waals surface area (Å²) in [5, 5.41) is 12.1. The number of fused-ring (bicyclic) bond motifs is 1. The third-order valence-corrected chi connectivity index (χ3v) is 3.42. The molecule has 1 aliphatic heterocycles. The Morgan fingerprint density at radius 1 is 1.71 bits per heavy atom. The molecule has 0 saturated heterocycles. The molecule has 4 heteroatoms. The third-order valence-electron chi connectivity index (χ3n) is 3.42. The van der Waals surface area contributed by atoms with Gasteiger partial charge in [-0.1, -0.05) is 6.92 Å². The second kappa shape index (κ2) is 5.15. The molecular weight excluding hydrogens is 214 g/mol. The van der Waals surface area contributed by atoms with E-state index in [9.17, 15) is 4.79 Å². The van der Waals surface area contributed by atoms with Crippen LogP contribution in [-0.2, 0) is 19.5 Å². The van der Waals surface area contributed by atoms with Gasteiger partial charge in [-0.3, -0.25) is 4.79 Å². The minimum atomic E-state index is 0.444. The lowest BCUT2D eigenvalue weighted by Crippen LogP contribution is -2.35. The van der Waals surface area contributed by atoms with E-state index >= 15 is 0 Å². The maximum atomic E-state index is 11.0. The first kappa shape index (κ1) is 11.9. The molecule has 1 unspecified atom stereocenters. The molecule has 0 saturated carbocycles. The average molecular weight is 231 g/mol. The van der Waals surface area contributed by atoms with Crippen LogP contribution in [0.2, 0.25) is 0 Å². The Morgan fingerprint density at radius 2 is 2.53 bits per heavy atom. The molecule has 1 aromatic heterocycles. The number of aromatic nitrogens is 1. The molecule has 0 aliphatic carbocycles. The van der Waals surface area contributed by atoms with Crippen molar-refractivity contribution < 1.29 is 4.79 Å². The summed E-state index contributed by atoms with van der Waals surface area (Å²) in [6.07, 6.45) is 3.40. The van der Waals surface area contributed by atoms with Crippen molar-refractivity contribution in [2.45, 2.75) is 45.3 Å². The highest BCUT2D eigenvalue weighted by Gasteiger charge is 2.21. The Balaban J connectivity index is 2.30. The normalized spacial score (nSPS) is 18.5. The fourth-order valence-electron chi connectivity index (χ4n) is 2.45. The highest BCUT2D eigenvalue weighted by molar-refractivity contribution is 5.73. The van der Waals surface area contributed by atoms with Crippen molar-refractivity contribution in [3.05, 3.63) is 23.0 Å². The standard InChI is InChI=1S/C13H17N3O/c1-2-11-6-10-7-12(9-17)16(5-3-4-14)13(10)8-15-11/h7,9,11,15H,2-3,5-6,8H2,1H3. The van der Waals surface area contributed by atoms with Gasteiger partial charge in [0.15, 0.2) is 6.29 Å². The van der Waals surface area contributed by atoms with E-state index in [0.29, 0.717) is 24.7 Å². The van der Waals surface area contributed by atoms with Gasteiger partial charge in [0.05, 0.1) is 18.2 Å². The highest BCUT2D eigenvalue weighted by atomic mass is 16.1. The van der Waals surface area contributed by atoms with Gasteiger partial charge < -0.3 is 9.88 Å². The van der Waals surface area contributed by atoms with Crippen LogP contribution in [0.3, 0.4) is 0 Å². The number of carbonyl (C=O) groups excluding carboxylic acids is 1. The van der Waals surface area contributed by atoms with Crippen LogP contribution in [0.15, 0.2) is 6.07 Å². The molecule has 1 aromatic rings. The topological polar surface area (TPSA) is 57.8 Å². The van der Waals surface area contributed by atoms with Crippen LogP contribution in [0.25, 0.3) is 0 Å². The maximum absolute atomic E-state index is 11.0. The summed E-state index contributed by atoms with van der Waals surface area (Å²) in [6, 6.07) is 4.61. The number of nitrogens with one attached hydrogen (secondary N) is 1. The fourth-order valence-corrected chi connectivity index (χ4v) is 2.45. The Labute approximate surface area is 101 Å². The molecule has 0 aromatic carbocycles. The lowest BCUT2D eigenvalue weighted by molar-refractivity contribution is 0.111. The Morgan fingerprint density at radius 3 is 3.18 bits per heavy atom. The number of hydrogen-bond donors (Lipinski definition) is 1. The van der Waals surface area contributed by atoms with E-state index in [1.54, 1.807) is 0 Å². The number of nitrogens with zero attached hydrogens (tertiary/aromatic N) is 2. The third kappa shape index (κ3) is 2.25. The van der Waals surface area contributed by atoms with Crippen LogP contribution in [0, 0.1) is 11.3 Å². The van der Waals surface area contributed by atoms with Crippen molar-refractivity contribution in [2.75, 3.05) is 0 Å². The molecule has 0 bridgehead atoms. The molecule has 1 atom stereocenters. The van der Waals surface area contributed by atoms with Crippen molar-refractivity contribution >= 4 is 6.29 Å². The zero-order valence-electron chi connectivity index (χ0n) is 10.1. The van der Waals surface area contributed by atoms with E-state index in [4.69, 9.17) is 5.26 Å². The van der Waals surface area contributed by atoms with Crippen molar-refractivity contribution in [3.63, 3.8) is 0 Å². The SMILES string of the molecule is CCC1Cc2cc(C=O)n(CCC#N)c2CN1. The highest BCUT2D eigenvalue weighted by Crippen LogP contribution is 2.22. The summed E-state index contributed by atoms with van der Waals surface area (Å²) in [7, 11) is 0. The van der Waals surface area contributed by atoms with Crippen LogP contribution in [-0.4, -0.2) is 16.9 Å². The Bertz CT molecular complexity index is 456. The molecule has 2 heterocycles. The van der Waals surface area contributed by atoms with Gasteiger partial charge in [0.25, 0.3) is 0 Å². The van der Waals surface area contributed by atoms with Crippen LogP contribution in [0.4, 0.5) is 0 Å². The summed E-state index contributed by atoms with van der Waals surface area (Å²) >= 11 is 0. The number of nitriles is 1. The summed E-state index contributed by atoms with van der Waals surface area (Å²) in [5.41, 5.74) is 3.13. The molecule has 0 radical (unpaired) electrons. The summed E-state index contributed by atoms with van der Waals surface area (Å²) in [4.78, 5) is 11.0. The van der Waals surface area contributed by atoms with Crippen LogP contribution >= 0.6 is 0 Å². The number of aldehydes is 1. The van der Waals surface area contributed by atoms with Gasteiger partial charge in [-0.15, -0.1) is 0 Å². The molecule has 4 nitrogen and oxygen atoms in total. The van der Waals surface area contributed by atoms with Crippen LogP contribution < -0.4 is 5.32 Å². The molecule has 1 N–H and O–H groups in total. The number of rotatable bonds is 4. The van der Waals surface area contributed by atoms with Crippen molar-refractivity contribution in [3.8, 4) is 6.07 Å². The minimum absolute atomic E-state index is 0.444. The van der Waals surface area contributed by atoms with Gasteiger partial charge in [-0.2, -0.15) is 5.26 Å². The van der Waals surface area contributed by atoms with Crippen molar-refractivity contribution in [2.24, 2.45) is 0 Å². The number of hydrogen-bond acceptors (Lipinski definition) is 3. The van der Waals surface area contributed by atoms with Gasteiger partial charge in [-0.05, 0) is 24.5 Å². The lowest BCUT2D eigenvalue weighted by Gasteiger charge is -2.24. The van der Waals surface area contributed by atoms with E-state index in [0.717, 1.165) is 25.7 Å². The van der Waals surface area contributed by atoms with Gasteiger partial charge >= 0.3 is 0 Å². The number of carbonyl (C=O) groups is 1. The molecule has 90 valence electrons. The predicted molar refractivity (Wildman–Crippen MR) is 64.7 cm³/mol. The Kier molecular flexibility index (Phi) is 3.60. The first-order valence-corrected chi connectivity index (χ1v) is 6.07. The van der Waals surface area contributed by atoms with Crippen molar-refractivity contribution in [1.29, 1.82) is 5.26 Å². The van der Waals surface area contributed by atoms with E-state index in [1.807, 2.05) is 10.6 Å². The summed E-state index contributed by atoms with van der Waals surface area (Å²) < 4.78 is 1.98. The molecule has 0 spiro atoms. The van der Waals surface area contributed by atoms with E-state index in [1.165, 1.54) is 11.3 Å². The van der Waals surface area contributed by atoms with Gasteiger partial charge in [-0.25, -0.2) is 0 Å². The van der Waals surface area contributed by atoms with Crippen molar-refractivity contribution in [1.82, 2.24) is 9.88 Å². The smallest absolute Gasteiger partial charge is 0.166 e. The quantitative estimate of drug-likeness (QED) is 0.801. The zero-order chi connectivity index (χ0) is 12.3. The molecule has 2 rings (SSSR count). The maximum Gasteiger partial charge on any atom is 0.166 e. The molecule has 0 amide bonds. The molecule has 0 fully saturated rings. The largest absolute Gasteiger partial charge is 0.340 e. The minimum Gasteiger partial charge on any atom is -0.340 e. The molecular formula is C13H17N3O. The zero-order valence-corrected chi connectivity index (χ0v) is 10.1. The second-order valence-electron chi connectivity index (χ2n) is 4.41. The van der Waals surface area contributed by atoms with E-state index in [-0.39, 0.29) is 0 Å². The summed E-state index contributed by atoms with van der Waals surface area (Å²) in [6.45, 7) is 3.57. The predicted octanol–water partition coefficient (Wildman–Crippen LogP) is 1.64. The first-order valence-electron chi connectivity index (χ1n) is 6.07. The van der Waals surface area contributed by atoms with Crippen LogP contribution in [0.5, 0.6) is 0 Å². The van der Waals surface area contributed by atoms with E-state index in [2.05, 4.69) is 18.3 Å². The van der Waals surface area contributed by atoms with E-state index < -0.39 is 0 Å². The molecule has 1 aliphatic rings. The average Bonchev–Trinajstić information content (AvgIpc) is 2.72. The first-order chi connectivity index (χ1) is 8.30. The second-order valence-corrected chi connectivity index (χ2v) is 4.41. The lowest BCUT2D eigenvalue weighted by atomic mass is 10.00. The van der Waals surface area contributed by atoms with Gasteiger partial charge in [0, 0.05) is 24.8 Å². The summed E-state index contributed by atoms with van der Waals surface area (Å²) in [5.74, 6) is 0. The fraction of sp³-hybridized carbons (Fsp3) is 0.538.